The molecular formula is C8H19NOS. The molecule has 0 heterocycles. The van der Waals surface area contributed by atoms with Crippen molar-refractivity contribution in [2.24, 2.45) is 0 Å². The van der Waals surface area contributed by atoms with Gasteiger partial charge in [-0.25, -0.2) is 8.93 Å². The maximum absolute atomic E-state index is 11.5. The summed E-state index contributed by atoms with van der Waals surface area (Å²) in [4.78, 5) is 0. The van der Waals surface area contributed by atoms with Gasteiger partial charge in [-0.2, -0.15) is 0 Å². The third kappa shape index (κ3) is 5.39. The van der Waals surface area contributed by atoms with E-state index in [0.29, 0.717) is 0 Å². The van der Waals surface area contributed by atoms with Crippen molar-refractivity contribution in [1.82, 2.24) is 4.72 Å². The Morgan fingerprint density at radius 1 is 1.00 bits per heavy atom. The largest absolute Gasteiger partial charge is 0.242 e. The van der Waals surface area contributed by atoms with E-state index in [9.17, 15) is 4.21 Å². The summed E-state index contributed by atoms with van der Waals surface area (Å²) in [6.07, 6.45) is 0. The Labute approximate surface area is 72.4 Å². The van der Waals surface area contributed by atoms with E-state index in [1.807, 2.05) is 41.5 Å². The number of hydrogen-bond acceptors (Lipinski definition) is 1. The molecule has 0 fully saturated rings. The summed E-state index contributed by atoms with van der Waals surface area (Å²) in [6.45, 7) is 11.9. The van der Waals surface area contributed by atoms with Crippen LogP contribution in [0.25, 0.3) is 0 Å². The Morgan fingerprint density at radius 2 is 1.36 bits per heavy atom. The fraction of sp³-hybridized carbons (Fsp3) is 1.00. The standard InChI is InChI=1S/C8H19NOS/c1-7(2,3)9-11(10)8(4,5)6/h9H,1-6H3. The zero-order valence-corrected chi connectivity index (χ0v) is 9.13. The normalized spacial score (nSPS) is 16.5. The van der Waals surface area contributed by atoms with E-state index in [1.54, 1.807) is 0 Å². The molecule has 0 aliphatic heterocycles. The molecule has 0 aromatic heterocycles. The van der Waals surface area contributed by atoms with Gasteiger partial charge < -0.3 is 0 Å². The van der Waals surface area contributed by atoms with E-state index in [-0.39, 0.29) is 10.3 Å². The highest BCUT2D eigenvalue weighted by molar-refractivity contribution is 7.84. The van der Waals surface area contributed by atoms with Crippen molar-refractivity contribution in [3.63, 3.8) is 0 Å². The van der Waals surface area contributed by atoms with Crippen LogP contribution < -0.4 is 4.72 Å². The van der Waals surface area contributed by atoms with Crippen LogP contribution in [0.5, 0.6) is 0 Å². The van der Waals surface area contributed by atoms with E-state index in [0.717, 1.165) is 0 Å². The van der Waals surface area contributed by atoms with Crippen molar-refractivity contribution in [3.05, 3.63) is 0 Å². The van der Waals surface area contributed by atoms with Crippen molar-refractivity contribution < 1.29 is 4.21 Å². The van der Waals surface area contributed by atoms with Crippen molar-refractivity contribution >= 4 is 11.0 Å². The van der Waals surface area contributed by atoms with Gasteiger partial charge in [0.1, 0.15) is 0 Å². The zero-order valence-electron chi connectivity index (χ0n) is 8.32. The van der Waals surface area contributed by atoms with Crippen LogP contribution in [0.3, 0.4) is 0 Å². The van der Waals surface area contributed by atoms with Crippen LogP contribution in [0, 0.1) is 0 Å². The lowest BCUT2D eigenvalue weighted by Crippen LogP contribution is -2.44. The molecule has 1 atom stereocenters. The van der Waals surface area contributed by atoms with Crippen LogP contribution in [0.2, 0.25) is 0 Å². The van der Waals surface area contributed by atoms with Gasteiger partial charge in [0.2, 0.25) is 0 Å². The Hall–Kier alpha value is 0.110. The first-order chi connectivity index (χ1) is 4.63. The first-order valence-corrected chi connectivity index (χ1v) is 4.97. The minimum absolute atomic E-state index is 0.0713. The third-order valence-electron chi connectivity index (χ3n) is 0.955. The van der Waals surface area contributed by atoms with Crippen molar-refractivity contribution in [2.75, 3.05) is 0 Å². The molecular weight excluding hydrogens is 158 g/mol. The molecule has 0 amide bonds. The predicted molar refractivity (Wildman–Crippen MR) is 50.8 cm³/mol. The first kappa shape index (κ1) is 11.1. The molecule has 0 aliphatic rings. The zero-order chi connectivity index (χ0) is 9.28. The Bertz CT molecular complexity index is 152. The van der Waals surface area contributed by atoms with Crippen molar-refractivity contribution in [3.8, 4) is 0 Å². The number of nitrogens with one attached hydrogen (secondary N) is 1. The van der Waals surface area contributed by atoms with Gasteiger partial charge in [0.25, 0.3) is 0 Å². The Morgan fingerprint density at radius 3 is 1.45 bits per heavy atom. The summed E-state index contributed by atoms with van der Waals surface area (Å²) in [6, 6.07) is 0. The van der Waals surface area contributed by atoms with Gasteiger partial charge in [0.05, 0.1) is 15.7 Å². The summed E-state index contributed by atoms with van der Waals surface area (Å²) in [5.41, 5.74) is -0.0713. The van der Waals surface area contributed by atoms with E-state index < -0.39 is 11.0 Å². The average molecular weight is 177 g/mol. The number of hydrogen-bond donors (Lipinski definition) is 1. The van der Waals surface area contributed by atoms with E-state index in [1.165, 1.54) is 0 Å². The monoisotopic (exact) mass is 177 g/mol. The second kappa shape index (κ2) is 3.23. The smallest absolute Gasteiger partial charge is 0.0975 e. The summed E-state index contributed by atoms with van der Waals surface area (Å²) in [7, 11) is -0.957. The molecule has 0 saturated carbocycles. The molecule has 0 spiro atoms. The fourth-order valence-corrected chi connectivity index (χ4v) is 1.29. The van der Waals surface area contributed by atoms with Gasteiger partial charge in [0.15, 0.2) is 0 Å². The van der Waals surface area contributed by atoms with Gasteiger partial charge in [0, 0.05) is 5.54 Å². The minimum atomic E-state index is -0.957. The summed E-state index contributed by atoms with van der Waals surface area (Å²) in [5.74, 6) is 0. The average Bonchev–Trinajstić information content (AvgIpc) is 1.56. The molecule has 0 aromatic carbocycles. The minimum Gasteiger partial charge on any atom is -0.242 e. The SMILES string of the molecule is CC(C)(C)NS(=O)C(C)(C)C. The second-order valence-corrected chi connectivity index (χ2v) is 6.70. The van der Waals surface area contributed by atoms with Gasteiger partial charge >= 0.3 is 0 Å². The van der Waals surface area contributed by atoms with E-state index in [2.05, 4.69) is 4.72 Å². The molecule has 0 rings (SSSR count). The van der Waals surface area contributed by atoms with Gasteiger partial charge in [-0.3, -0.25) is 0 Å². The molecule has 0 bridgehead atoms. The maximum atomic E-state index is 11.5. The molecule has 11 heavy (non-hydrogen) atoms. The Kier molecular flexibility index (Phi) is 3.27. The van der Waals surface area contributed by atoms with Crippen molar-refractivity contribution in [1.29, 1.82) is 0 Å². The lowest BCUT2D eigenvalue weighted by atomic mass is 10.1. The molecule has 0 aromatic rings. The topological polar surface area (TPSA) is 29.1 Å². The summed E-state index contributed by atoms with van der Waals surface area (Å²) < 4.78 is 14.3. The molecule has 2 nitrogen and oxygen atoms in total. The van der Waals surface area contributed by atoms with Crippen LogP contribution >= 0.6 is 0 Å². The van der Waals surface area contributed by atoms with Gasteiger partial charge in [-0.1, -0.05) is 0 Å². The van der Waals surface area contributed by atoms with Crippen LogP contribution in [0.15, 0.2) is 0 Å². The van der Waals surface area contributed by atoms with E-state index in [4.69, 9.17) is 0 Å². The lowest BCUT2D eigenvalue weighted by Gasteiger charge is -2.26. The van der Waals surface area contributed by atoms with Gasteiger partial charge in [-0.05, 0) is 41.5 Å². The van der Waals surface area contributed by atoms with Crippen LogP contribution in [-0.4, -0.2) is 14.5 Å². The summed E-state index contributed by atoms with van der Waals surface area (Å²) in [5, 5.41) is 0. The summed E-state index contributed by atoms with van der Waals surface area (Å²) >= 11 is 0. The second-order valence-electron chi connectivity index (χ2n) is 4.73. The molecule has 1 unspecified atom stereocenters. The van der Waals surface area contributed by atoms with E-state index >= 15 is 0 Å². The molecule has 0 aliphatic carbocycles. The molecule has 0 saturated heterocycles. The maximum Gasteiger partial charge on any atom is 0.0975 e. The highest BCUT2D eigenvalue weighted by atomic mass is 32.2. The molecule has 3 heteroatoms. The number of rotatable bonds is 1. The van der Waals surface area contributed by atoms with Gasteiger partial charge in [-0.15, -0.1) is 0 Å². The van der Waals surface area contributed by atoms with Crippen LogP contribution in [0.1, 0.15) is 41.5 Å². The van der Waals surface area contributed by atoms with Crippen LogP contribution in [-0.2, 0) is 11.0 Å². The fourth-order valence-electron chi connectivity index (χ4n) is 0.431. The first-order valence-electron chi connectivity index (χ1n) is 3.82. The van der Waals surface area contributed by atoms with Crippen molar-refractivity contribution in [2.45, 2.75) is 51.8 Å². The quantitative estimate of drug-likeness (QED) is 0.650. The highest BCUT2D eigenvalue weighted by Crippen LogP contribution is 2.12. The predicted octanol–water partition coefficient (Wildman–Crippen LogP) is 1.84. The van der Waals surface area contributed by atoms with Crippen LogP contribution in [0.4, 0.5) is 0 Å². The molecule has 0 radical (unpaired) electrons. The highest BCUT2D eigenvalue weighted by Gasteiger charge is 2.23. The molecule has 68 valence electrons. The third-order valence-corrected chi connectivity index (χ3v) is 2.87. The molecule has 1 N–H and O–H groups in total. The lowest BCUT2D eigenvalue weighted by molar-refractivity contribution is 0.509. The Balaban J connectivity index is 4.11.